The first kappa shape index (κ1) is 7.58. The standard InChI is InChI=1S/C9H9NO/c10-9-5-3-8(4-6-9)2-1-7-11/h1,3-6H,2,10H2. The van der Waals surface area contributed by atoms with Gasteiger partial charge in [-0.05, 0) is 17.7 Å². The summed E-state index contributed by atoms with van der Waals surface area (Å²) in [4.78, 5) is 9.84. The van der Waals surface area contributed by atoms with E-state index in [0.717, 1.165) is 11.3 Å². The Bertz CT molecular complexity index is 270. The fourth-order valence-electron chi connectivity index (χ4n) is 0.813. The predicted octanol–water partition coefficient (Wildman–Crippen LogP) is 1.20. The lowest BCUT2D eigenvalue weighted by molar-refractivity contribution is 0.568. The van der Waals surface area contributed by atoms with Crippen molar-refractivity contribution in [2.45, 2.75) is 6.42 Å². The minimum absolute atomic E-state index is 0.629. The second kappa shape index (κ2) is 3.59. The quantitative estimate of drug-likeness (QED) is 0.504. The van der Waals surface area contributed by atoms with Crippen molar-refractivity contribution in [1.29, 1.82) is 0 Å². The van der Waals surface area contributed by atoms with Crippen LogP contribution in [-0.2, 0) is 11.2 Å². The van der Waals surface area contributed by atoms with E-state index in [0.29, 0.717) is 6.42 Å². The number of allylic oxidation sites excluding steroid dienone is 1. The van der Waals surface area contributed by atoms with Gasteiger partial charge in [0.25, 0.3) is 0 Å². The summed E-state index contributed by atoms with van der Waals surface area (Å²) in [5.41, 5.74) is 7.28. The molecule has 0 fully saturated rings. The van der Waals surface area contributed by atoms with Crippen LogP contribution in [0.15, 0.2) is 30.3 Å². The highest BCUT2D eigenvalue weighted by Gasteiger charge is 1.87. The number of nitrogens with two attached hydrogens (primary N) is 1. The van der Waals surface area contributed by atoms with Crippen LogP contribution in [0.3, 0.4) is 0 Å². The summed E-state index contributed by atoms with van der Waals surface area (Å²) in [5.74, 6) is 1.72. The van der Waals surface area contributed by atoms with Gasteiger partial charge in [0.15, 0.2) is 0 Å². The molecular weight excluding hydrogens is 138 g/mol. The zero-order valence-corrected chi connectivity index (χ0v) is 6.08. The zero-order chi connectivity index (χ0) is 8.10. The summed E-state index contributed by atoms with van der Waals surface area (Å²) in [5, 5.41) is 0. The topological polar surface area (TPSA) is 43.1 Å². The van der Waals surface area contributed by atoms with Crippen molar-refractivity contribution >= 4 is 11.6 Å². The van der Waals surface area contributed by atoms with Gasteiger partial charge in [0, 0.05) is 18.2 Å². The third-order valence-corrected chi connectivity index (χ3v) is 1.40. The lowest BCUT2D eigenvalue weighted by Crippen LogP contribution is -1.85. The minimum Gasteiger partial charge on any atom is -0.399 e. The summed E-state index contributed by atoms with van der Waals surface area (Å²) in [6.07, 6.45) is 2.08. The first-order chi connectivity index (χ1) is 5.33. The van der Waals surface area contributed by atoms with Gasteiger partial charge in [-0.25, -0.2) is 4.79 Å². The van der Waals surface area contributed by atoms with Crippen LogP contribution in [0.4, 0.5) is 5.69 Å². The highest BCUT2D eigenvalue weighted by Crippen LogP contribution is 2.05. The molecule has 0 aromatic heterocycles. The maximum atomic E-state index is 9.84. The lowest BCUT2D eigenvalue weighted by Gasteiger charge is -1.94. The van der Waals surface area contributed by atoms with Crippen molar-refractivity contribution in [3.05, 3.63) is 35.9 Å². The highest BCUT2D eigenvalue weighted by atomic mass is 16.1. The second-order valence-corrected chi connectivity index (χ2v) is 2.27. The molecule has 2 N–H and O–H groups in total. The van der Waals surface area contributed by atoms with Gasteiger partial charge < -0.3 is 5.73 Å². The van der Waals surface area contributed by atoms with Gasteiger partial charge in [0.1, 0.15) is 5.94 Å². The monoisotopic (exact) mass is 147 g/mol. The molecule has 0 saturated carbocycles. The Morgan fingerprint density at radius 1 is 1.36 bits per heavy atom. The third kappa shape index (κ3) is 2.28. The number of hydrogen-bond donors (Lipinski definition) is 1. The minimum atomic E-state index is 0.629. The molecule has 1 aromatic carbocycles. The van der Waals surface area contributed by atoms with Crippen LogP contribution in [0.25, 0.3) is 0 Å². The smallest absolute Gasteiger partial charge is 0.120 e. The Morgan fingerprint density at radius 3 is 2.55 bits per heavy atom. The first-order valence-corrected chi connectivity index (χ1v) is 3.36. The molecule has 0 bridgehead atoms. The van der Waals surface area contributed by atoms with E-state index in [1.165, 1.54) is 6.08 Å². The third-order valence-electron chi connectivity index (χ3n) is 1.40. The maximum Gasteiger partial charge on any atom is 0.120 e. The summed E-state index contributed by atoms with van der Waals surface area (Å²) in [7, 11) is 0. The van der Waals surface area contributed by atoms with E-state index in [9.17, 15) is 4.79 Å². The van der Waals surface area contributed by atoms with Gasteiger partial charge >= 0.3 is 0 Å². The molecule has 0 aliphatic carbocycles. The molecule has 2 heteroatoms. The average molecular weight is 147 g/mol. The predicted molar refractivity (Wildman–Crippen MR) is 44.8 cm³/mol. The summed E-state index contributed by atoms with van der Waals surface area (Å²) < 4.78 is 0. The van der Waals surface area contributed by atoms with Crippen molar-refractivity contribution in [2.24, 2.45) is 0 Å². The van der Waals surface area contributed by atoms with Crippen LogP contribution in [0, 0.1) is 0 Å². The number of benzene rings is 1. The van der Waals surface area contributed by atoms with Crippen molar-refractivity contribution in [3.8, 4) is 0 Å². The van der Waals surface area contributed by atoms with Crippen LogP contribution in [0.1, 0.15) is 5.56 Å². The summed E-state index contributed by atoms with van der Waals surface area (Å²) in [6, 6.07) is 7.41. The maximum absolute atomic E-state index is 9.84. The van der Waals surface area contributed by atoms with E-state index in [2.05, 4.69) is 0 Å². The Balaban J connectivity index is 2.73. The molecule has 11 heavy (non-hydrogen) atoms. The van der Waals surface area contributed by atoms with Crippen LogP contribution < -0.4 is 5.73 Å². The van der Waals surface area contributed by atoms with Crippen LogP contribution in [-0.4, -0.2) is 5.94 Å². The Kier molecular flexibility index (Phi) is 2.47. The molecule has 0 aliphatic heterocycles. The molecule has 1 rings (SSSR count). The van der Waals surface area contributed by atoms with Crippen LogP contribution in [0.2, 0.25) is 0 Å². The van der Waals surface area contributed by atoms with Crippen molar-refractivity contribution in [2.75, 3.05) is 5.73 Å². The molecule has 1 aromatic rings. The van der Waals surface area contributed by atoms with E-state index >= 15 is 0 Å². The molecule has 0 heterocycles. The zero-order valence-electron chi connectivity index (χ0n) is 6.08. The van der Waals surface area contributed by atoms with E-state index in [4.69, 9.17) is 5.73 Å². The number of hydrogen-bond acceptors (Lipinski definition) is 2. The molecule has 2 nitrogen and oxygen atoms in total. The number of rotatable bonds is 2. The Hall–Kier alpha value is -1.53. The van der Waals surface area contributed by atoms with E-state index < -0.39 is 0 Å². The largest absolute Gasteiger partial charge is 0.399 e. The van der Waals surface area contributed by atoms with Gasteiger partial charge in [-0.3, -0.25) is 0 Å². The average Bonchev–Trinajstić information content (AvgIpc) is 2.04. The molecular formula is C9H9NO. The van der Waals surface area contributed by atoms with Crippen molar-refractivity contribution < 1.29 is 4.79 Å². The fraction of sp³-hybridized carbons (Fsp3) is 0.111. The fourth-order valence-corrected chi connectivity index (χ4v) is 0.813. The van der Waals surface area contributed by atoms with Gasteiger partial charge in [-0.1, -0.05) is 12.1 Å². The molecule has 0 unspecified atom stereocenters. The molecule has 0 amide bonds. The molecule has 0 aliphatic rings. The Morgan fingerprint density at radius 2 is 2.00 bits per heavy atom. The van der Waals surface area contributed by atoms with Gasteiger partial charge in [-0.15, -0.1) is 0 Å². The van der Waals surface area contributed by atoms with Crippen LogP contribution >= 0.6 is 0 Å². The Labute approximate surface area is 65.3 Å². The van der Waals surface area contributed by atoms with Gasteiger partial charge in [-0.2, -0.15) is 0 Å². The first-order valence-electron chi connectivity index (χ1n) is 3.36. The highest BCUT2D eigenvalue weighted by molar-refractivity contribution is 5.47. The summed E-state index contributed by atoms with van der Waals surface area (Å²) >= 11 is 0. The second-order valence-electron chi connectivity index (χ2n) is 2.27. The molecule has 56 valence electrons. The number of anilines is 1. The molecule has 0 spiro atoms. The summed E-state index contributed by atoms with van der Waals surface area (Å²) in [6.45, 7) is 0. The van der Waals surface area contributed by atoms with E-state index in [1.807, 2.05) is 24.3 Å². The van der Waals surface area contributed by atoms with E-state index in [1.54, 1.807) is 5.94 Å². The molecule has 0 atom stereocenters. The molecule has 0 radical (unpaired) electrons. The lowest BCUT2D eigenvalue weighted by atomic mass is 10.1. The van der Waals surface area contributed by atoms with Crippen molar-refractivity contribution in [1.82, 2.24) is 0 Å². The van der Waals surface area contributed by atoms with Gasteiger partial charge in [0.05, 0.1) is 0 Å². The van der Waals surface area contributed by atoms with E-state index in [-0.39, 0.29) is 0 Å². The normalized spacial score (nSPS) is 8.73. The number of carbonyl (C=O) groups excluding carboxylic acids is 1. The van der Waals surface area contributed by atoms with Crippen molar-refractivity contribution in [3.63, 3.8) is 0 Å². The molecule has 0 saturated heterocycles. The van der Waals surface area contributed by atoms with Gasteiger partial charge in [0.2, 0.25) is 0 Å². The SMILES string of the molecule is Nc1ccc(CC=C=O)cc1. The number of nitrogen functional groups attached to an aromatic ring is 1. The van der Waals surface area contributed by atoms with Crippen LogP contribution in [0.5, 0.6) is 0 Å².